The lowest BCUT2D eigenvalue weighted by Gasteiger charge is -2.09. The largest absolute Gasteiger partial charge is 0.244 e. The van der Waals surface area contributed by atoms with E-state index in [2.05, 4.69) is 41.5 Å². The number of benzene rings is 2. The topological polar surface area (TPSA) is 30.7 Å². The van der Waals surface area contributed by atoms with E-state index in [1.165, 1.54) is 25.7 Å². The zero-order valence-corrected chi connectivity index (χ0v) is 15.4. The van der Waals surface area contributed by atoms with Gasteiger partial charge in [0.05, 0.1) is 5.69 Å². The van der Waals surface area contributed by atoms with E-state index in [0.29, 0.717) is 0 Å². The van der Waals surface area contributed by atoms with Crippen LogP contribution in [0.1, 0.15) is 39.0 Å². The van der Waals surface area contributed by atoms with Gasteiger partial charge in [0, 0.05) is 22.7 Å². The van der Waals surface area contributed by atoms with E-state index in [0.717, 1.165) is 40.5 Å². The molecule has 0 bridgehead atoms. The van der Waals surface area contributed by atoms with Crippen LogP contribution in [-0.4, -0.2) is 15.0 Å². The van der Waals surface area contributed by atoms with Gasteiger partial charge in [-0.25, -0.2) is 4.68 Å². The zero-order valence-electron chi connectivity index (χ0n) is 14.7. The quantitative estimate of drug-likeness (QED) is 0.449. The maximum atomic E-state index is 6.03. The summed E-state index contributed by atoms with van der Waals surface area (Å²) in [4.78, 5) is 0. The molecule has 4 heteroatoms. The van der Waals surface area contributed by atoms with Gasteiger partial charge in [0.1, 0.15) is 5.69 Å². The smallest absolute Gasteiger partial charge is 0.121 e. The molecule has 1 heterocycles. The van der Waals surface area contributed by atoms with E-state index in [9.17, 15) is 0 Å². The lowest BCUT2D eigenvalue weighted by molar-refractivity contribution is 0.524. The van der Waals surface area contributed by atoms with Gasteiger partial charge < -0.3 is 0 Å². The van der Waals surface area contributed by atoms with Crippen molar-refractivity contribution in [3.63, 3.8) is 0 Å². The van der Waals surface area contributed by atoms with E-state index in [-0.39, 0.29) is 0 Å². The standard InChI is InChI=1S/C21H24ClN3/c1-2-3-4-5-9-16-25-21(18-10-7-6-8-11-18)20(23-24-25)17-12-14-19(22)15-13-17/h6-8,10-15H,2-5,9,16H2,1H3. The SMILES string of the molecule is CCCCCCCn1nnc(-c2ccc(Cl)cc2)c1-c1ccccc1. The molecule has 0 amide bonds. The van der Waals surface area contributed by atoms with Gasteiger partial charge in [0.25, 0.3) is 0 Å². The Morgan fingerprint density at radius 1 is 0.840 bits per heavy atom. The third-order valence-corrected chi connectivity index (χ3v) is 4.63. The van der Waals surface area contributed by atoms with E-state index in [1.807, 2.05) is 35.0 Å². The summed E-state index contributed by atoms with van der Waals surface area (Å²) in [6.45, 7) is 3.14. The predicted molar refractivity (Wildman–Crippen MR) is 105 cm³/mol. The Morgan fingerprint density at radius 3 is 2.28 bits per heavy atom. The number of unbranched alkanes of at least 4 members (excludes halogenated alkanes) is 4. The van der Waals surface area contributed by atoms with Crippen LogP contribution in [0.3, 0.4) is 0 Å². The summed E-state index contributed by atoms with van der Waals surface area (Å²) in [6, 6.07) is 18.2. The van der Waals surface area contributed by atoms with Crippen LogP contribution in [0.25, 0.3) is 22.5 Å². The summed E-state index contributed by atoms with van der Waals surface area (Å²) in [5.74, 6) is 0. The second-order valence-corrected chi connectivity index (χ2v) is 6.73. The molecule has 0 saturated heterocycles. The molecule has 0 atom stereocenters. The second kappa shape index (κ2) is 8.82. The van der Waals surface area contributed by atoms with E-state index < -0.39 is 0 Å². The number of nitrogens with zero attached hydrogens (tertiary/aromatic N) is 3. The first-order valence-electron chi connectivity index (χ1n) is 9.04. The van der Waals surface area contributed by atoms with Crippen LogP contribution in [0.4, 0.5) is 0 Å². The molecular weight excluding hydrogens is 330 g/mol. The fourth-order valence-electron chi connectivity index (χ4n) is 3.02. The Morgan fingerprint density at radius 2 is 1.56 bits per heavy atom. The van der Waals surface area contributed by atoms with Crippen LogP contribution in [-0.2, 0) is 6.54 Å². The maximum Gasteiger partial charge on any atom is 0.121 e. The molecule has 3 nitrogen and oxygen atoms in total. The maximum absolute atomic E-state index is 6.03. The van der Waals surface area contributed by atoms with Crippen molar-refractivity contribution in [2.45, 2.75) is 45.6 Å². The van der Waals surface area contributed by atoms with Crippen molar-refractivity contribution in [1.82, 2.24) is 15.0 Å². The van der Waals surface area contributed by atoms with E-state index >= 15 is 0 Å². The average Bonchev–Trinajstić information content (AvgIpc) is 3.07. The minimum absolute atomic E-state index is 0.730. The normalized spacial score (nSPS) is 11.0. The summed E-state index contributed by atoms with van der Waals surface area (Å²) in [5.41, 5.74) is 4.18. The van der Waals surface area contributed by atoms with Crippen LogP contribution >= 0.6 is 11.6 Å². The predicted octanol–water partition coefficient (Wildman–Crippen LogP) is 6.24. The minimum atomic E-state index is 0.730. The highest BCUT2D eigenvalue weighted by atomic mass is 35.5. The number of aromatic nitrogens is 3. The monoisotopic (exact) mass is 353 g/mol. The highest BCUT2D eigenvalue weighted by molar-refractivity contribution is 6.30. The Bertz CT molecular complexity index is 779. The van der Waals surface area contributed by atoms with Crippen LogP contribution in [0, 0.1) is 0 Å². The Hall–Kier alpha value is -2.13. The fraction of sp³-hybridized carbons (Fsp3) is 0.333. The molecule has 130 valence electrons. The van der Waals surface area contributed by atoms with Gasteiger partial charge in [-0.15, -0.1) is 5.10 Å². The van der Waals surface area contributed by atoms with Crippen molar-refractivity contribution in [3.05, 3.63) is 59.6 Å². The minimum Gasteiger partial charge on any atom is -0.244 e. The third kappa shape index (κ3) is 4.49. The molecule has 0 spiro atoms. The van der Waals surface area contributed by atoms with Crippen LogP contribution in [0.5, 0.6) is 0 Å². The van der Waals surface area contributed by atoms with Crippen LogP contribution in [0.2, 0.25) is 5.02 Å². The van der Waals surface area contributed by atoms with Gasteiger partial charge >= 0.3 is 0 Å². The molecule has 0 N–H and O–H groups in total. The van der Waals surface area contributed by atoms with E-state index in [1.54, 1.807) is 0 Å². The molecule has 1 aromatic heterocycles. The second-order valence-electron chi connectivity index (χ2n) is 6.30. The van der Waals surface area contributed by atoms with Gasteiger partial charge in [-0.3, -0.25) is 0 Å². The molecule has 0 aliphatic carbocycles. The molecule has 0 fully saturated rings. The number of rotatable bonds is 8. The summed E-state index contributed by atoms with van der Waals surface area (Å²) in [7, 11) is 0. The molecule has 0 radical (unpaired) electrons. The number of halogens is 1. The summed E-state index contributed by atoms with van der Waals surface area (Å²) >= 11 is 6.03. The zero-order chi connectivity index (χ0) is 17.5. The molecule has 25 heavy (non-hydrogen) atoms. The molecule has 0 aliphatic rings. The fourth-order valence-corrected chi connectivity index (χ4v) is 3.14. The van der Waals surface area contributed by atoms with Gasteiger partial charge in [-0.2, -0.15) is 0 Å². The van der Waals surface area contributed by atoms with Crippen molar-refractivity contribution < 1.29 is 0 Å². The van der Waals surface area contributed by atoms with Crippen molar-refractivity contribution in [1.29, 1.82) is 0 Å². The summed E-state index contributed by atoms with van der Waals surface area (Å²) in [6.07, 6.45) is 6.22. The lowest BCUT2D eigenvalue weighted by atomic mass is 10.0. The Kier molecular flexibility index (Phi) is 6.24. The van der Waals surface area contributed by atoms with Crippen molar-refractivity contribution >= 4 is 11.6 Å². The summed E-state index contributed by atoms with van der Waals surface area (Å²) < 4.78 is 2.05. The number of aryl methyl sites for hydroxylation is 1. The first kappa shape index (κ1) is 17.7. The third-order valence-electron chi connectivity index (χ3n) is 4.37. The number of hydrogen-bond acceptors (Lipinski definition) is 2. The Labute approximate surface area is 154 Å². The van der Waals surface area contributed by atoms with Gasteiger partial charge in [-0.05, 0) is 18.6 Å². The van der Waals surface area contributed by atoms with Gasteiger partial charge in [0.2, 0.25) is 0 Å². The van der Waals surface area contributed by atoms with Crippen molar-refractivity contribution in [3.8, 4) is 22.5 Å². The highest BCUT2D eigenvalue weighted by Crippen LogP contribution is 2.31. The summed E-state index contributed by atoms with van der Waals surface area (Å²) in [5, 5.41) is 9.65. The molecular formula is C21H24ClN3. The van der Waals surface area contributed by atoms with Crippen molar-refractivity contribution in [2.75, 3.05) is 0 Å². The molecule has 0 saturated carbocycles. The Balaban J connectivity index is 1.89. The molecule has 0 aliphatic heterocycles. The molecule has 3 rings (SSSR count). The molecule has 0 unspecified atom stereocenters. The average molecular weight is 354 g/mol. The van der Waals surface area contributed by atoms with Crippen molar-refractivity contribution in [2.24, 2.45) is 0 Å². The van der Waals surface area contributed by atoms with E-state index in [4.69, 9.17) is 11.6 Å². The van der Waals surface area contributed by atoms with Crippen LogP contribution < -0.4 is 0 Å². The lowest BCUT2D eigenvalue weighted by Crippen LogP contribution is -2.03. The molecule has 2 aromatic carbocycles. The van der Waals surface area contributed by atoms with Gasteiger partial charge in [0.15, 0.2) is 0 Å². The molecule has 3 aromatic rings. The van der Waals surface area contributed by atoms with Crippen LogP contribution in [0.15, 0.2) is 54.6 Å². The first-order chi connectivity index (χ1) is 12.3. The highest BCUT2D eigenvalue weighted by Gasteiger charge is 2.16. The number of hydrogen-bond donors (Lipinski definition) is 0. The van der Waals surface area contributed by atoms with Gasteiger partial charge in [-0.1, -0.05) is 91.9 Å². The first-order valence-corrected chi connectivity index (χ1v) is 9.42.